The molecule has 3 rings (SSSR count). The number of carbonyl (C=O) groups excluding carboxylic acids is 3. The second kappa shape index (κ2) is 5.56. The molecule has 0 saturated carbocycles. The normalized spacial score (nSPS) is 13.6. The van der Waals surface area contributed by atoms with E-state index in [2.05, 4.69) is 0 Å². The molecular weight excluding hydrogens is 337 g/mol. The van der Waals surface area contributed by atoms with Crippen molar-refractivity contribution in [3.63, 3.8) is 0 Å². The molecule has 0 atom stereocenters. The van der Waals surface area contributed by atoms with Gasteiger partial charge in [0.25, 0.3) is 17.6 Å². The average molecular weight is 344 g/mol. The Morgan fingerprint density at radius 3 is 2.04 bits per heavy atom. The lowest BCUT2D eigenvalue weighted by Gasteiger charge is -2.18. The van der Waals surface area contributed by atoms with Crippen molar-refractivity contribution in [1.82, 2.24) is 0 Å². The third kappa shape index (κ3) is 2.55. The van der Waals surface area contributed by atoms with Crippen molar-refractivity contribution in [2.45, 2.75) is 6.18 Å². The molecule has 0 aromatic heterocycles. The quantitative estimate of drug-likeness (QED) is 0.619. The van der Waals surface area contributed by atoms with Gasteiger partial charge in [-0.25, -0.2) is 4.90 Å². The molecule has 0 bridgehead atoms. The lowest BCUT2D eigenvalue weighted by atomic mass is 10.0. The summed E-state index contributed by atoms with van der Waals surface area (Å²) in [6.45, 7) is 0. The van der Waals surface area contributed by atoms with Gasteiger partial charge in [0.1, 0.15) is 0 Å². The first kappa shape index (κ1) is 16.4. The Morgan fingerprint density at radius 2 is 1.56 bits per heavy atom. The zero-order valence-electron chi connectivity index (χ0n) is 12.3. The number of nitriles is 1. The molecule has 2 aromatic carbocycles. The minimum atomic E-state index is -5.22. The van der Waals surface area contributed by atoms with Gasteiger partial charge in [0.15, 0.2) is 0 Å². The number of Topliss-reactive ketones (excluding diaryl/α,β-unsaturated/α-hetero) is 1. The summed E-state index contributed by atoms with van der Waals surface area (Å²) < 4.78 is 38.6. The molecule has 0 unspecified atom stereocenters. The number of ketones is 1. The van der Waals surface area contributed by atoms with Crippen molar-refractivity contribution in [2.75, 3.05) is 4.90 Å². The van der Waals surface area contributed by atoms with E-state index in [1.807, 2.05) is 0 Å². The van der Waals surface area contributed by atoms with Gasteiger partial charge in [0, 0.05) is 0 Å². The van der Waals surface area contributed by atoms with Crippen molar-refractivity contribution in [3.05, 3.63) is 64.7 Å². The van der Waals surface area contributed by atoms with E-state index in [1.165, 1.54) is 24.3 Å². The Bertz CT molecular complexity index is 939. The minimum Gasteiger partial charge on any atom is -0.284 e. The van der Waals surface area contributed by atoms with Crippen LogP contribution in [0.1, 0.15) is 36.6 Å². The number of anilines is 1. The molecule has 1 aliphatic heterocycles. The van der Waals surface area contributed by atoms with Crippen LogP contribution in [0.25, 0.3) is 0 Å². The van der Waals surface area contributed by atoms with E-state index in [0.29, 0.717) is 11.0 Å². The van der Waals surface area contributed by atoms with Crippen LogP contribution in [-0.4, -0.2) is 23.8 Å². The molecule has 124 valence electrons. The van der Waals surface area contributed by atoms with Crippen LogP contribution in [0.2, 0.25) is 0 Å². The molecule has 5 nitrogen and oxygen atoms in total. The van der Waals surface area contributed by atoms with Gasteiger partial charge in [-0.05, 0) is 30.3 Å². The number of imide groups is 1. The highest BCUT2D eigenvalue weighted by Crippen LogP contribution is 2.34. The van der Waals surface area contributed by atoms with E-state index in [9.17, 15) is 27.6 Å². The predicted molar refractivity (Wildman–Crippen MR) is 79.1 cm³/mol. The van der Waals surface area contributed by atoms with E-state index < -0.39 is 35.0 Å². The van der Waals surface area contributed by atoms with Crippen LogP contribution >= 0.6 is 0 Å². The fourth-order valence-electron chi connectivity index (χ4n) is 2.54. The molecule has 2 aromatic rings. The summed E-state index contributed by atoms with van der Waals surface area (Å²) in [5, 5.41) is 8.86. The summed E-state index contributed by atoms with van der Waals surface area (Å²) in [7, 11) is 0. The molecule has 0 radical (unpaired) electrons. The van der Waals surface area contributed by atoms with Crippen molar-refractivity contribution >= 4 is 23.3 Å². The third-order valence-electron chi connectivity index (χ3n) is 3.66. The molecule has 0 fully saturated rings. The molecular formula is C17H7F3N2O3. The molecule has 1 heterocycles. The molecule has 1 aliphatic rings. The van der Waals surface area contributed by atoms with Gasteiger partial charge in [0.05, 0.1) is 34.0 Å². The van der Waals surface area contributed by atoms with Crippen LogP contribution in [0.5, 0.6) is 0 Å². The molecule has 0 N–H and O–H groups in total. The molecule has 2 amide bonds. The number of rotatable bonds is 2. The zero-order chi connectivity index (χ0) is 18.4. The fourth-order valence-corrected chi connectivity index (χ4v) is 2.54. The summed E-state index contributed by atoms with van der Waals surface area (Å²) in [6, 6.07) is 10.2. The number of nitrogens with zero attached hydrogens (tertiary/aromatic N) is 2. The number of amides is 2. The molecule has 25 heavy (non-hydrogen) atoms. The number of fused-ring (bicyclic) bond motifs is 1. The summed E-state index contributed by atoms with van der Waals surface area (Å²) in [4.78, 5) is 37.1. The topological polar surface area (TPSA) is 78.2 Å². The van der Waals surface area contributed by atoms with E-state index in [0.717, 1.165) is 12.1 Å². The van der Waals surface area contributed by atoms with Crippen molar-refractivity contribution in [3.8, 4) is 6.07 Å². The maximum atomic E-state index is 12.9. The highest BCUT2D eigenvalue weighted by atomic mass is 19.4. The predicted octanol–water partition coefficient (Wildman–Crippen LogP) is 3.10. The Labute approximate surface area is 138 Å². The summed E-state index contributed by atoms with van der Waals surface area (Å²) >= 11 is 0. The van der Waals surface area contributed by atoms with Gasteiger partial charge in [-0.1, -0.05) is 12.1 Å². The van der Waals surface area contributed by atoms with Crippen LogP contribution < -0.4 is 4.90 Å². The first-order chi connectivity index (χ1) is 11.8. The second-order valence-corrected chi connectivity index (χ2v) is 5.16. The number of carbonyl (C=O) groups is 3. The maximum absolute atomic E-state index is 12.9. The van der Waals surface area contributed by atoms with E-state index in [-0.39, 0.29) is 16.7 Å². The van der Waals surface area contributed by atoms with Gasteiger partial charge in [-0.3, -0.25) is 14.4 Å². The molecule has 0 saturated heterocycles. The van der Waals surface area contributed by atoms with Crippen LogP contribution in [0, 0.1) is 11.3 Å². The van der Waals surface area contributed by atoms with Crippen LogP contribution in [-0.2, 0) is 0 Å². The summed E-state index contributed by atoms with van der Waals surface area (Å²) in [5.74, 6) is -3.90. The van der Waals surface area contributed by atoms with Crippen LogP contribution in [0.15, 0.2) is 42.5 Å². The number of benzene rings is 2. The Kier molecular flexibility index (Phi) is 3.64. The van der Waals surface area contributed by atoms with Gasteiger partial charge in [0.2, 0.25) is 0 Å². The van der Waals surface area contributed by atoms with Crippen LogP contribution in [0.3, 0.4) is 0 Å². The summed E-state index contributed by atoms with van der Waals surface area (Å²) in [6.07, 6.45) is -5.22. The third-order valence-corrected chi connectivity index (χ3v) is 3.66. The first-order valence-electron chi connectivity index (χ1n) is 6.89. The SMILES string of the molecule is N#Cc1ccc(N2C(=O)c3ccccc3C2=O)c(C(=O)C(F)(F)F)c1. The lowest BCUT2D eigenvalue weighted by molar-refractivity contribution is -0.0884. The number of alkyl halides is 3. The standard InChI is InChI=1S/C17H7F3N2O3/c18-17(19,20)14(23)12-7-9(8-21)5-6-13(12)22-15(24)10-3-1-2-4-11(10)16(22)25/h1-7H. The molecule has 0 aliphatic carbocycles. The van der Waals surface area contributed by atoms with Gasteiger partial charge >= 0.3 is 6.18 Å². The van der Waals surface area contributed by atoms with Crippen molar-refractivity contribution in [2.24, 2.45) is 0 Å². The zero-order valence-corrected chi connectivity index (χ0v) is 12.3. The maximum Gasteiger partial charge on any atom is 0.454 e. The Hall–Kier alpha value is -3.47. The number of hydrogen-bond acceptors (Lipinski definition) is 4. The smallest absolute Gasteiger partial charge is 0.284 e. The van der Waals surface area contributed by atoms with Crippen molar-refractivity contribution in [1.29, 1.82) is 5.26 Å². The van der Waals surface area contributed by atoms with E-state index in [1.54, 1.807) is 6.07 Å². The monoisotopic (exact) mass is 344 g/mol. The second-order valence-electron chi connectivity index (χ2n) is 5.16. The van der Waals surface area contributed by atoms with Gasteiger partial charge in [-0.15, -0.1) is 0 Å². The lowest BCUT2D eigenvalue weighted by Crippen LogP contribution is -2.33. The van der Waals surface area contributed by atoms with Gasteiger partial charge < -0.3 is 0 Å². The molecule has 8 heteroatoms. The van der Waals surface area contributed by atoms with Gasteiger partial charge in [-0.2, -0.15) is 18.4 Å². The van der Waals surface area contributed by atoms with E-state index in [4.69, 9.17) is 5.26 Å². The average Bonchev–Trinajstić information content (AvgIpc) is 2.84. The van der Waals surface area contributed by atoms with Crippen LogP contribution in [0.4, 0.5) is 18.9 Å². The Balaban J connectivity index is 2.19. The highest BCUT2D eigenvalue weighted by molar-refractivity contribution is 6.35. The van der Waals surface area contributed by atoms with E-state index >= 15 is 0 Å². The number of halogens is 3. The highest BCUT2D eigenvalue weighted by Gasteiger charge is 2.44. The minimum absolute atomic E-state index is 0.0299. The summed E-state index contributed by atoms with van der Waals surface area (Å²) in [5.41, 5.74) is -1.58. The number of hydrogen-bond donors (Lipinski definition) is 0. The molecule has 0 spiro atoms. The van der Waals surface area contributed by atoms with Crippen molar-refractivity contribution < 1.29 is 27.6 Å². The first-order valence-corrected chi connectivity index (χ1v) is 6.89. The fraction of sp³-hybridized carbons (Fsp3) is 0.0588. The largest absolute Gasteiger partial charge is 0.454 e. The Morgan fingerprint density at radius 1 is 1.00 bits per heavy atom.